The normalized spacial score (nSPS) is 13.4. The van der Waals surface area contributed by atoms with Gasteiger partial charge < -0.3 is 14.2 Å². The molecule has 0 N–H and O–H groups in total. The molecule has 0 atom stereocenters. The molecule has 0 radical (unpaired) electrons. The second-order valence-corrected chi connectivity index (χ2v) is 34.3. The zero-order chi connectivity index (χ0) is 70.7. The molecule has 0 unspecified atom stereocenters. The second-order valence-electron chi connectivity index (χ2n) is 34.3. The highest BCUT2D eigenvalue weighted by molar-refractivity contribution is 7.00. The molecule has 13 bridgehead atoms. The van der Waals surface area contributed by atoms with Gasteiger partial charge in [-0.2, -0.15) is 0 Å². The van der Waals surface area contributed by atoms with Gasteiger partial charge >= 0.3 is 0 Å². The summed E-state index contributed by atoms with van der Waals surface area (Å²) < 4.78 is 6.77. The Hall–Kier alpha value is -10.7. The fourth-order valence-corrected chi connectivity index (χ4v) is 16.2. The van der Waals surface area contributed by atoms with E-state index in [9.17, 15) is 0 Å². The number of benzene rings is 13. The molecule has 0 fully saturated rings. The van der Waals surface area contributed by atoms with E-state index < -0.39 is 0 Å². The Morgan fingerprint density at radius 1 is 0.235 bits per heavy atom. The lowest BCUT2D eigenvalue weighted by molar-refractivity contribution is 0.569. The number of rotatable bonds is 4. The van der Waals surface area contributed by atoms with Crippen LogP contribution in [0.2, 0.25) is 0 Å². The molecule has 3 aliphatic heterocycles. The van der Waals surface area contributed by atoms with E-state index in [2.05, 4.69) is 381 Å². The van der Waals surface area contributed by atoms with Crippen LogP contribution in [0.4, 0.5) is 34.1 Å². The minimum absolute atomic E-state index is 0.0977. The van der Waals surface area contributed by atoms with E-state index in [1.165, 1.54) is 89.0 Å². The van der Waals surface area contributed by atoms with Crippen LogP contribution >= 0.6 is 0 Å². The Kier molecular flexibility index (Phi) is 14.9. The average molecular weight is 1320 g/mol. The van der Waals surface area contributed by atoms with Crippen molar-refractivity contribution in [2.24, 2.45) is 0 Å². The molecule has 1 aromatic heterocycles. The van der Waals surface area contributed by atoms with Crippen LogP contribution in [0.3, 0.4) is 0 Å². The monoisotopic (exact) mass is 1320 g/mol. The minimum atomic E-state index is -0.317. The zero-order valence-electron chi connectivity index (χ0n) is 61.8. The predicted molar refractivity (Wildman–Crippen MR) is 438 cm³/mol. The molecule has 3 aliphatic rings. The summed E-state index contributed by atoms with van der Waals surface area (Å²) in [6, 6.07) is 103. The summed E-state index contributed by atoms with van der Waals surface area (Å²) in [5, 5.41) is 2.18. The van der Waals surface area contributed by atoms with Crippen molar-refractivity contribution >= 4 is 79.2 Å². The van der Waals surface area contributed by atoms with Crippen LogP contribution in [0.1, 0.15) is 132 Å². The van der Waals surface area contributed by atoms with Crippen LogP contribution in [0.5, 0.6) is 0 Å². The third kappa shape index (κ3) is 11.0. The molecule has 102 heavy (non-hydrogen) atoms. The SMILES string of the molecule is CC(C)(C)c1cc(-c2ccc3c(c2)N2c4cc(C(C)(C)C)cc5c4B3c3cc(-c4ccccc4)ccc3N5c3c(-c4ccccc4)cc(C(C)(C)C)cc3-c3cccc(c3)-c3ccc4oc5ccc(cc5c4c3)-c3cccc(c3)-c3cc(C(C)(C)C)cc(-c4ccccc4)c32)cc(C(C)(C)C)c1. The van der Waals surface area contributed by atoms with Crippen molar-refractivity contribution < 1.29 is 4.42 Å². The van der Waals surface area contributed by atoms with Gasteiger partial charge in [-0.15, -0.1) is 0 Å². The number of furan rings is 1. The largest absolute Gasteiger partial charge is 0.456 e. The van der Waals surface area contributed by atoms with Gasteiger partial charge in [0.2, 0.25) is 0 Å². The quantitative estimate of drug-likeness (QED) is 0.164. The van der Waals surface area contributed by atoms with Crippen molar-refractivity contribution in [2.75, 3.05) is 9.80 Å². The molecule has 3 nitrogen and oxygen atoms in total. The molecule has 0 amide bonds. The Morgan fingerprint density at radius 3 is 1.05 bits per heavy atom. The van der Waals surface area contributed by atoms with Crippen LogP contribution in [-0.2, 0) is 27.1 Å². The van der Waals surface area contributed by atoms with Gasteiger partial charge in [0, 0.05) is 55.8 Å². The maximum absolute atomic E-state index is 6.77. The van der Waals surface area contributed by atoms with Crippen molar-refractivity contribution in [1.82, 2.24) is 0 Å². The highest BCUT2D eigenvalue weighted by Crippen LogP contribution is 2.56. The van der Waals surface area contributed by atoms with E-state index >= 15 is 0 Å². The first kappa shape index (κ1) is 64.7. The standard InChI is InChI=1S/C98H89BN2O/c1-94(2,3)72-47-71(48-73(53-72)95(4,5)6)68-37-41-83-86(52-68)101-88-59-76(98(13,14)15)58-87-91(88)99(83)84-51-67(60-27-19-16-20-28-60)38-42-85(84)100(87)92-77(61-29-21-17-22-30-61)54-74(96(7,8)9)56-79(92)69-35-25-33-63(45-69)65-39-43-89-81(49-65)82-50-66(40-44-90(82)102-89)64-34-26-36-70(46-64)80-57-75(97(10,11)12)55-78(93(80)101)62-31-23-18-24-32-62/h16-59H,1-15H3. The molecule has 17 rings (SSSR count). The molecule has 4 heterocycles. The van der Waals surface area contributed by atoms with Crippen molar-refractivity contribution in [3.8, 4) is 89.0 Å². The summed E-state index contributed by atoms with van der Waals surface area (Å²) in [6.07, 6.45) is 0. The molecule has 14 aromatic rings. The van der Waals surface area contributed by atoms with Gasteiger partial charge in [-0.1, -0.05) is 286 Å². The maximum Gasteiger partial charge on any atom is 0.252 e. The Labute approximate surface area is 604 Å². The highest BCUT2D eigenvalue weighted by Gasteiger charge is 2.47. The molecule has 13 aromatic carbocycles. The first-order valence-corrected chi connectivity index (χ1v) is 36.6. The van der Waals surface area contributed by atoms with Crippen LogP contribution in [-0.4, -0.2) is 6.71 Å². The van der Waals surface area contributed by atoms with Crippen molar-refractivity contribution in [3.63, 3.8) is 0 Å². The van der Waals surface area contributed by atoms with E-state index in [4.69, 9.17) is 4.42 Å². The Balaban J connectivity index is 1.10. The van der Waals surface area contributed by atoms with Gasteiger partial charge in [0.05, 0.1) is 11.4 Å². The average Bonchev–Trinajstić information content (AvgIpc) is 0.789. The summed E-state index contributed by atoms with van der Waals surface area (Å²) in [5.41, 5.74) is 36.5. The van der Waals surface area contributed by atoms with Gasteiger partial charge in [-0.25, -0.2) is 0 Å². The first-order chi connectivity index (χ1) is 48.7. The van der Waals surface area contributed by atoms with E-state index in [-0.39, 0.29) is 33.8 Å². The fourth-order valence-electron chi connectivity index (χ4n) is 16.2. The molecule has 0 aliphatic carbocycles. The van der Waals surface area contributed by atoms with E-state index in [0.29, 0.717) is 0 Å². The van der Waals surface area contributed by atoms with Crippen LogP contribution in [0, 0.1) is 0 Å². The minimum Gasteiger partial charge on any atom is -0.456 e. The van der Waals surface area contributed by atoms with Gasteiger partial charge in [-0.3, -0.25) is 0 Å². The summed E-state index contributed by atoms with van der Waals surface area (Å²) in [7, 11) is 0. The number of anilines is 6. The first-order valence-electron chi connectivity index (χ1n) is 36.6. The van der Waals surface area contributed by atoms with Gasteiger partial charge in [0.25, 0.3) is 6.71 Å². The van der Waals surface area contributed by atoms with Crippen molar-refractivity contribution in [1.29, 1.82) is 0 Å². The second kappa shape index (κ2) is 23.4. The third-order valence-electron chi connectivity index (χ3n) is 22.1. The number of nitrogens with zero attached hydrogens (tertiary/aromatic N) is 2. The Morgan fingerprint density at radius 2 is 0.588 bits per heavy atom. The molecular weight excluding hydrogens is 1230 g/mol. The molecular formula is C98H89BN2O. The molecule has 0 spiro atoms. The van der Waals surface area contributed by atoms with Crippen LogP contribution in [0.15, 0.2) is 271 Å². The number of hydrogen-bond acceptors (Lipinski definition) is 3. The molecule has 4 heteroatoms. The zero-order valence-corrected chi connectivity index (χ0v) is 61.8. The van der Waals surface area contributed by atoms with Crippen molar-refractivity contribution in [2.45, 2.75) is 131 Å². The molecule has 0 saturated heterocycles. The van der Waals surface area contributed by atoms with Crippen LogP contribution in [0.25, 0.3) is 111 Å². The van der Waals surface area contributed by atoms with Gasteiger partial charge in [-0.05, 0) is 223 Å². The van der Waals surface area contributed by atoms with E-state index in [1.807, 2.05) is 0 Å². The summed E-state index contributed by atoms with van der Waals surface area (Å²) in [4.78, 5) is 5.49. The molecule has 500 valence electrons. The smallest absolute Gasteiger partial charge is 0.252 e. The van der Waals surface area contributed by atoms with Crippen LogP contribution < -0.4 is 26.2 Å². The van der Waals surface area contributed by atoms with E-state index in [0.717, 1.165) is 100 Å². The lowest BCUT2D eigenvalue weighted by Crippen LogP contribution is -2.61. The summed E-state index contributed by atoms with van der Waals surface area (Å²) in [6.45, 7) is 35.3. The van der Waals surface area contributed by atoms with Gasteiger partial charge in [0.15, 0.2) is 0 Å². The maximum atomic E-state index is 6.77. The third-order valence-corrected chi connectivity index (χ3v) is 22.1. The Bertz CT molecular complexity index is 5690. The number of fused-ring (bicyclic) bond motifs is 20. The fraction of sp³-hybridized carbons (Fsp3) is 0.204. The number of hydrogen-bond donors (Lipinski definition) is 0. The predicted octanol–water partition coefficient (Wildman–Crippen LogP) is 25.8. The van der Waals surface area contributed by atoms with Gasteiger partial charge in [0.1, 0.15) is 11.2 Å². The van der Waals surface area contributed by atoms with E-state index in [1.54, 1.807) is 0 Å². The topological polar surface area (TPSA) is 19.6 Å². The lowest BCUT2D eigenvalue weighted by atomic mass is 9.33. The summed E-state index contributed by atoms with van der Waals surface area (Å²) in [5.74, 6) is 0. The lowest BCUT2D eigenvalue weighted by Gasteiger charge is -2.47. The molecule has 0 saturated carbocycles. The highest BCUT2D eigenvalue weighted by atomic mass is 16.3. The summed E-state index contributed by atoms with van der Waals surface area (Å²) >= 11 is 0. The van der Waals surface area contributed by atoms with Crippen molar-refractivity contribution in [3.05, 3.63) is 295 Å².